The first-order valence-corrected chi connectivity index (χ1v) is 5.68. The van der Waals surface area contributed by atoms with Gasteiger partial charge in [0.25, 0.3) is 0 Å². The maximum atomic E-state index is 8.78. The third-order valence-electron chi connectivity index (χ3n) is 2.41. The number of benzene rings is 2. The van der Waals surface area contributed by atoms with Crippen molar-refractivity contribution in [2.75, 3.05) is 0 Å². The summed E-state index contributed by atoms with van der Waals surface area (Å²) >= 11 is 0. The van der Waals surface area contributed by atoms with Crippen molar-refractivity contribution in [2.24, 2.45) is 11.5 Å². The van der Waals surface area contributed by atoms with Crippen LogP contribution in [-0.4, -0.2) is 21.4 Å². The van der Waals surface area contributed by atoms with Crippen LogP contribution >= 0.6 is 0 Å². The van der Waals surface area contributed by atoms with Gasteiger partial charge in [-0.15, -0.1) is 11.4 Å². The van der Waals surface area contributed by atoms with Gasteiger partial charge in [-0.2, -0.15) is 0 Å². The molecule has 21 heavy (non-hydrogen) atoms. The molecule has 0 saturated heterocycles. The number of nitrogens with one attached hydrogen (secondary N) is 2. The summed E-state index contributed by atoms with van der Waals surface area (Å²) in [6.07, 6.45) is 0. The van der Waals surface area contributed by atoms with Crippen molar-refractivity contribution in [3.05, 3.63) is 71.1 Å². The van der Waals surface area contributed by atoms with Crippen molar-refractivity contribution in [3.63, 3.8) is 0 Å². The van der Waals surface area contributed by atoms with Crippen LogP contribution in [0.2, 0.25) is 0 Å². The summed E-state index contributed by atoms with van der Waals surface area (Å²) < 4.78 is 0. The van der Waals surface area contributed by atoms with Gasteiger partial charge in [-0.3, -0.25) is 9.59 Å². The van der Waals surface area contributed by atoms with Crippen molar-refractivity contribution in [1.82, 2.24) is 0 Å². The summed E-state index contributed by atoms with van der Waals surface area (Å²) in [4.78, 5) is 17.6. The van der Waals surface area contributed by atoms with E-state index in [-0.39, 0.29) is 44.3 Å². The van der Waals surface area contributed by atoms with Crippen LogP contribution in [0.15, 0.2) is 48.5 Å². The Morgan fingerprint density at radius 1 is 0.714 bits per heavy atom. The van der Waals surface area contributed by atoms with E-state index >= 15 is 0 Å². The molecule has 0 unspecified atom stereocenters. The van der Waals surface area contributed by atoms with E-state index in [4.69, 9.17) is 32.5 Å². The van der Waals surface area contributed by atoms with E-state index in [0.29, 0.717) is 11.1 Å². The van der Waals surface area contributed by atoms with Gasteiger partial charge in [-0.25, -0.2) is 0 Å². The second kappa shape index (κ2) is 8.76. The molecule has 0 atom stereocenters. The molecule has 7 heteroatoms. The first-order valence-electron chi connectivity index (χ1n) is 5.68. The van der Waals surface area contributed by atoms with Gasteiger partial charge < -0.3 is 22.9 Å². The quantitative estimate of drug-likeness (QED) is 0.626. The number of hydrogen-bond donors (Lipinski definition) is 2. The average Bonchev–Trinajstić information content (AvgIpc) is 2.40. The normalized spacial score (nSPS) is 8.76. The molecule has 0 aliphatic heterocycles. The first kappa shape index (κ1) is 18.7. The van der Waals surface area contributed by atoms with Crippen LogP contribution in [0, 0.1) is 0 Å². The minimum absolute atomic E-state index is 0. The molecule has 0 aliphatic carbocycles. The van der Waals surface area contributed by atoms with E-state index in [1.165, 1.54) is 0 Å². The van der Waals surface area contributed by atoms with Crippen molar-refractivity contribution in [3.8, 4) is 0 Å². The molecule has 8 N–H and O–H groups in total. The summed E-state index contributed by atoms with van der Waals surface area (Å²) in [7, 11) is 0. The van der Waals surface area contributed by atoms with Crippen LogP contribution in [0.4, 0.5) is 11.4 Å². The van der Waals surface area contributed by atoms with Crippen molar-refractivity contribution < 1.29 is 30.7 Å². The molecule has 6 nitrogen and oxygen atoms in total. The van der Waals surface area contributed by atoms with Gasteiger partial charge in [0.05, 0.1) is 11.1 Å². The molecular formula is C14H16N4O2Pt+2. The zero-order valence-electron chi connectivity index (χ0n) is 11.0. The van der Waals surface area contributed by atoms with Crippen molar-refractivity contribution in [1.29, 1.82) is 0 Å². The third kappa shape index (κ3) is 5.67. The molecule has 0 heterocycles. The molecule has 0 spiro atoms. The fourth-order valence-corrected chi connectivity index (χ4v) is 1.41. The number of rotatable bonds is 2. The standard InChI is InChI=1S/2C7H8N2O.Pt/c2*8-6-4-2-1-3-5(6)7(9)10;/h2*1-4H,(H4,8,9,10);/q;;+2. The van der Waals surface area contributed by atoms with E-state index < -0.39 is 0 Å². The zero-order chi connectivity index (χ0) is 15.1. The van der Waals surface area contributed by atoms with Crippen LogP contribution in [0.5, 0.6) is 0 Å². The molecular weight excluding hydrogens is 451 g/mol. The maximum absolute atomic E-state index is 8.78. The zero-order valence-corrected chi connectivity index (χ0v) is 13.3. The van der Waals surface area contributed by atoms with Crippen LogP contribution in [0.3, 0.4) is 0 Å². The molecule has 2 aromatic carbocycles. The number of primary amides is 2. The van der Waals surface area contributed by atoms with Gasteiger partial charge in [-0.05, 0) is 12.1 Å². The van der Waals surface area contributed by atoms with Gasteiger partial charge in [-0.1, -0.05) is 36.4 Å². The second-order valence-corrected chi connectivity index (χ2v) is 3.86. The van der Waals surface area contributed by atoms with E-state index in [2.05, 4.69) is 0 Å². The number of hydrogen-bond acceptors (Lipinski definition) is 0. The Morgan fingerprint density at radius 2 is 1.00 bits per heavy atom. The van der Waals surface area contributed by atoms with Gasteiger partial charge in [0.2, 0.25) is 0 Å². The van der Waals surface area contributed by atoms with Gasteiger partial charge in [0.15, 0.2) is 0 Å². The average molecular weight is 467 g/mol. The molecule has 0 aromatic heterocycles. The smallest absolute Gasteiger partial charge is 0.698 e. The minimum Gasteiger partial charge on any atom is -0.698 e. The molecule has 2 aromatic rings. The van der Waals surface area contributed by atoms with E-state index in [1.54, 1.807) is 48.5 Å². The molecule has 0 radical (unpaired) electrons. The summed E-state index contributed by atoms with van der Waals surface area (Å²) in [6, 6.07) is 13.2. The van der Waals surface area contributed by atoms with Crippen molar-refractivity contribution >= 4 is 23.2 Å². The summed E-state index contributed by atoms with van der Waals surface area (Å²) in [5.74, 6) is -0.601. The molecule has 2 rings (SSSR count). The van der Waals surface area contributed by atoms with Gasteiger partial charge >= 0.3 is 32.9 Å². The second-order valence-electron chi connectivity index (χ2n) is 3.86. The van der Waals surface area contributed by atoms with E-state index in [1.807, 2.05) is 0 Å². The van der Waals surface area contributed by atoms with E-state index in [0.717, 1.165) is 0 Å². The Labute approximate surface area is 136 Å². The summed E-state index contributed by atoms with van der Waals surface area (Å²) in [6.45, 7) is 0. The van der Waals surface area contributed by atoms with Gasteiger partial charge in [0, 0.05) is 0 Å². The molecule has 2 amide bonds. The maximum Gasteiger partial charge on any atom is 2.00 e. The largest absolute Gasteiger partial charge is 2.00 e. The monoisotopic (exact) mass is 467 g/mol. The Bertz CT molecular complexity index is 576. The van der Waals surface area contributed by atoms with E-state index in [9.17, 15) is 0 Å². The number of carbonyl (C=O) groups excluding carboxylic acids is 2. The number of nitrogens with two attached hydrogens (primary N) is 2. The summed E-state index contributed by atoms with van der Waals surface area (Å²) in [5.41, 5.74) is 25.8. The molecule has 112 valence electrons. The molecule has 0 saturated carbocycles. The Kier molecular flexibility index (Phi) is 7.79. The fourth-order valence-electron chi connectivity index (χ4n) is 1.41. The van der Waals surface area contributed by atoms with Crippen LogP contribution < -0.4 is 11.5 Å². The van der Waals surface area contributed by atoms with Crippen LogP contribution in [0.25, 0.3) is 11.5 Å². The Hall–Kier alpha value is -2.33. The predicted octanol–water partition coefficient (Wildman–Crippen LogP) is 2.36. The third-order valence-corrected chi connectivity index (χ3v) is 2.41. The first-order chi connectivity index (χ1) is 9.43. The van der Waals surface area contributed by atoms with Crippen molar-refractivity contribution in [2.45, 2.75) is 0 Å². The minimum atomic E-state index is -0.300. The van der Waals surface area contributed by atoms with Crippen LogP contribution in [-0.2, 0) is 21.1 Å². The number of amides is 2. The molecule has 0 aliphatic rings. The van der Waals surface area contributed by atoms with Crippen LogP contribution in [0.1, 0.15) is 11.1 Å². The molecule has 0 fully saturated rings. The Morgan fingerprint density at radius 3 is 1.19 bits per heavy atom. The Balaban J connectivity index is 0.000000364. The predicted molar refractivity (Wildman–Crippen MR) is 81.3 cm³/mol. The fraction of sp³-hybridized carbons (Fsp3) is 0. The summed E-state index contributed by atoms with van der Waals surface area (Å²) in [5, 5.41) is 0. The topological polar surface area (TPSA) is 142 Å². The van der Waals surface area contributed by atoms with Gasteiger partial charge in [0.1, 0.15) is 0 Å². The molecule has 0 bridgehead atoms. The SMILES string of the molecule is [NH-]c1ccccc1C(N)=[OH+].[NH-]c1ccccc1C(N)=[OH+].[Pt+2].